The quantitative estimate of drug-likeness (QED) is 0.398. The molecule has 0 amide bonds. The summed E-state index contributed by atoms with van der Waals surface area (Å²) in [6.45, 7) is 0. The minimum atomic E-state index is -0.967. The summed E-state index contributed by atoms with van der Waals surface area (Å²) < 4.78 is 26.3. The molecular formula is C16H24O5. The van der Waals surface area contributed by atoms with Gasteiger partial charge < -0.3 is 23.4 Å². The van der Waals surface area contributed by atoms with Gasteiger partial charge in [0.15, 0.2) is 0 Å². The van der Waals surface area contributed by atoms with Gasteiger partial charge in [-0.05, 0) is 18.6 Å². The van der Waals surface area contributed by atoms with Crippen molar-refractivity contribution in [2.45, 2.75) is 37.8 Å². The summed E-state index contributed by atoms with van der Waals surface area (Å²) >= 11 is 0. The van der Waals surface area contributed by atoms with E-state index in [-0.39, 0.29) is 6.10 Å². The van der Waals surface area contributed by atoms with Gasteiger partial charge in [0, 0.05) is 47.7 Å². The molecule has 0 aromatic carbocycles. The number of hydrogen-bond acceptors (Lipinski definition) is 5. The molecule has 21 heavy (non-hydrogen) atoms. The Morgan fingerprint density at radius 1 is 1.14 bits per heavy atom. The second-order valence-electron chi connectivity index (χ2n) is 4.45. The first-order chi connectivity index (χ1) is 10.2. The smallest absolute Gasteiger partial charge is 0.282 e. The minimum absolute atomic E-state index is 0.122. The molecule has 118 valence electrons. The van der Waals surface area contributed by atoms with Gasteiger partial charge in [-0.25, -0.2) is 0 Å². The summed E-state index contributed by atoms with van der Waals surface area (Å²) in [4.78, 5) is 0. The first-order valence-corrected chi connectivity index (χ1v) is 6.88. The maximum Gasteiger partial charge on any atom is 0.282 e. The van der Waals surface area contributed by atoms with E-state index in [9.17, 15) is 0 Å². The fraction of sp³-hybridized carbons (Fsp3) is 0.625. The van der Waals surface area contributed by atoms with E-state index in [1.165, 1.54) is 0 Å². The van der Waals surface area contributed by atoms with Gasteiger partial charge in [0.25, 0.3) is 5.97 Å². The molecule has 0 aliphatic rings. The SMILES string of the molecule is COC(CC#CCCCC(OC)(OC)OC)c1ccco1. The maximum absolute atomic E-state index is 5.35. The maximum atomic E-state index is 5.35. The van der Waals surface area contributed by atoms with Crippen LogP contribution >= 0.6 is 0 Å². The van der Waals surface area contributed by atoms with Gasteiger partial charge in [0.1, 0.15) is 11.9 Å². The van der Waals surface area contributed by atoms with Crippen LogP contribution in [0.5, 0.6) is 0 Å². The lowest BCUT2D eigenvalue weighted by Gasteiger charge is -2.28. The third kappa shape index (κ3) is 5.52. The lowest BCUT2D eigenvalue weighted by atomic mass is 10.2. The van der Waals surface area contributed by atoms with Crippen molar-refractivity contribution < 1.29 is 23.4 Å². The monoisotopic (exact) mass is 296 g/mol. The largest absolute Gasteiger partial charge is 0.467 e. The molecule has 0 aliphatic carbocycles. The fourth-order valence-electron chi connectivity index (χ4n) is 1.98. The lowest BCUT2D eigenvalue weighted by Crippen LogP contribution is -2.35. The first-order valence-electron chi connectivity index (χ1n) is 6.88. The molecule has 0 saturated carbocycles. The molecule has 1 aromatic heterocycles. The molecule has 5 nitrogen and oxygen atoms in total. The average molecular weight is 296 g/mol. The number of rotatable bonds is 9. The summed E-state index contributed by atoms with van der Waals surface area (Å²) in [5.74, 6) is 6.05. The molecule has 5 heteroatoms. The van der Waals surface area contributed by atoms with Gasteiger partial charge >= 0.3 is 0 Å². The number of hydrogen-bond donors (Lipinski definition) is 0. The summed E-state index contributed by atoms with van der Waals surface area (Å²) in [6.07, 6.45) is 4.30. The minimum Gasteiger partial charge on any atom is -0.467 e. The van der Waals surface area contributed by atoms with Gasteiger partial charge in [-0.2, -0.15) is 0 Å². The third-order valence-corrected chi connectivity index (χ3v) is 3.28. The van der Waals surface area contributed by atoms with E-state index in [1.54, 1.807) is 34.7 Å². The summed E-state index contributed by atoms with van der Waals surface area (Å²) in [5, 5.41) is 0. The van der Waals surface area contributed by atoms with Crippen molar-refractivity contribution in [1.29, 1.82) is 0 Å². The Kier molecular flexibility index (Phi) is 8.09. The van der Waals surface area contributed by atoms with Crippen molar-refractivity contribution in [1.82, 2.24) is 0 Å². The zero-order valence-electron chi connectivity index (χ0n) is 13.2. The number of ether oxygens (including phenoxy) is 4. The van der Waals surface area contributed by atoms with E-state index in [2.05, 4.69) is 11.8 Å². The standard InChI is InChI=1S/C16H24O5/c1-17-14(15-11-9-13-21-15)10-7-5-6-8-12-16(18-2,19-3)20-4/h9,11,13-14H,6,8,10,12H2,1-4H3. The molecule has 1 unspecified atom stereocenters. The highest BCUT2D eigenvalue weighted by Crippen LogP contribution is 2.21. The van der Waals surface area contributed by atoms with Gasteiger partial charge in [0.2, 0.25) is 0 Å². The van der Waals surface area contributed by atoms with Crippen LogP contribution in [0.25, 0.3) is 0 Å². The summed E-state index contributed by atoms with van der Waals surface area (Å²) in [7, 11) is 6.33. The predicted octanol–water partition coefficient (Wildman–Crippen LogP) is 3.12. The van der Waals surface area contributed by atoms with Crippen LogP contribution in [-0.2, 0) is 18.9 Å². The Labute approximate surface area is 126 Å². The average Bonchev–Trinajstić information content (AvgIpc) is 3.05. The van der Waals surface area contributed by atoms with Crippen molar-refractivity contribution >= 4 is 0 Å². The van der Waals surface area contributed by atoms with Gasteiger partial charge in [0.05, 0.1) is 6.26 Å². The fourth-order valence-corrected chi connectivity index (χ4v) is 1.98. The van der Waals surface area contributed by atoms with E-state index in [1.807, 2.05) is 12.1 Å². The predicted molar refractivity (Wildman–Crippen MR) is 78.5 cm³/mol. The van der Waals surface area contributed by atoms with Crippen molar-refractivity contribution in [2.24, 2.45) is 0 Å². The molecule has 1 heterocycles. The molecule has 1 atom stereocenters. The van der Waals surface area contributed by atoms with Gasteiger partial charge in [-0.1, -0.05) is 0 Å². The normalized spacial score (nSPS) is 12.8. The molecule has 0 aliphatic heterocycles. The molecule has 0 fully saturated rings. The third-order valence-electron chi connectivity index (χ3n) is 3.28. The first kappa shape index (κ1) is 17.7. The van der Waals surface area contributed by atoms with Crippen LogP contribution in [0.4, 0.5) is 0 Å². The zero-order chi connectivity index (χ0) is 15.6. The molecule has 0 saturated heterocycles. The van der Waals surface area contributed by atoms with Crippen LogP contribution in [0.15, 0.2) is 22.8 Å². The van der Waals surface area contributed by atoms with Crippen LogP contribution in [0, 0.1) is 11.8 Å². The van der Waals surface area contributed by atoms with Crippen molar-refractivity contribution in [3.63, 3.8) is 0 Å². The van der Waals surface area contributed by atoms with Gasteiger partial charge in [-0.3, -0.25) is 0 Å². The highest BCUT2D eigenvalue weighted by Gasteiger charge is 2.28. The van der Waals surface area contributed by atoms with Gasteiger partial charge in [-0.15, -0.1) is 11.8 Å². The van der Waals surface area contributed by atoms with E-state index in [4.69, 9.17) is 23.4 Å². The number of methoxy groups -OCH3 is 4. The van der Waals surface area contributed by atoms with Crippen molar-refractivity contribution in [3.05, 3.63) is 24.2 Å². The van der Waals surface area contributed by atoms with E-state index >= 15 is 0 Å². The molecule has 0 N–H and O–H groups in total. The molecule has 0 radical (unpaired) electrons. The molecule has 0 spiro atoms. The Bertz CT molecular complexity index is 417. The lowest BCUT2D eigenvalue weighted by molar-refractivity contribution is -0.355. The van der Waals surface area contributed by atoms with Crippen LogP contribution in [-0.4, -0.2) is 34.4 Å². The van der Waals surface area contributed by atoms with E-state index in [0.717, 1.165) is 18.6 Å². The van der Waals surface area contributed by atoms with Crippen molar-refractivity contribution in [3.8, 4) is 11.8 Å². The number of furan rings is 1. The molecule has 1 aromatic rings. The topological polar surface area (TPSA) is 50.1 Å². The van der Waals surface area contributed by atoms with Crippen molar-refractivity contribution in [2.75, 3.05) is 28.4 Å². The molecular weight excluding hydrogens is 272 g/mol. The zero-order valence-corrected chi connectivity index (χ0v) is 13.2. The Morgan fingerprint density at radius 2 is 1.86 bits per heavy atom. The van der Waals surface area contributed by atoms with Crippen LogP contribution < -0.4 is 0 Å². The van der Waals surface area contributed by atoms with Crippen LogP contribution in [0.1, 0.15) is 37.5 Å². The second kappa shape index (κ2) is 9.59. The summed E-state index contributed by atoms with van der Waals surface area (Å²) in [5.41, 5.74) is 0. The molecule has 1 rings (SSSR count). The highest BCUT2D eigenvalue weighted by atomic mass is 16.9. The Hall–Kier alpha value is -1.32. The second-order valence-corrected chi connectivity index (χ2v) is 4.45. The summed E-state index contributed by atoms with van der Waals surface area (Å²) in [6, 6.07) is 3.73. The van der Waals surface area contributed by atoms with Crippen LogP contribution in [0.2, 0.25) is 0 Å². The van der Waals surface area contributed by atoms with E-state index < -0.39 is 5.97 Å². The highest BCUT2D eigenvalue weighted by molar-refractivity contribution is 5.08. The Balaban J connectivity index is 2.33. The molecule has 0 bridgehead atoms. The van der Waals surface area contributed by atoms with Crippen LogP contribution in [0.3, 0.4) is 0 Å². The van der Waals surface area contributed by atoms with E-state index in [0.29, 0.717) is 12.8 Å². The Morgan fingerprint density at radius 3 is 2.38 bits per heavy atom. The number of unbranched alkanes of at least 4 members (excludes halogenated alkanes) is 1.